The Morgan fingerprint density at radius 1 is 1.47 bits per heavy atom. The summed E-state index contributed by atoms with van der Waals surface area (Å²) < 4.78 is 0. The van der Waals surface area contributed by atoms with Gasteiger partial charge in [-0.15, -0.1) is 0 Å². The van der Waals surface area contributed by atoms with Gasteiger partial charge in [-0.3, -0.25) is 4.79 Å². The van der Waals surface area contributed by atoms with Crippen LogP contribution in [0.2, 0.25) is 0 Å². The van der Waals surface area contributed by atoms with E-state index in [1.807, 2.05) is 12.3 Å². The van der Waals surface area contributed by atoms with Crippen LogP contribution in [0.3, 0.4) is 0 Å². The maximum atomic E-state index is 11.0. The van der Waals surface area contributed by atoms with Crippen LogP contribution in [0.5, 0.6) is 0 Å². The largest absolute Gasteiger partial charge is 0.361 e. The Balaban J connectivity index is 2.11. The molecule has 0 aliphatic heterocycles. The van der Waals surface area contributed by atoms with Crippen LogP contribution < -0.4 is 11.1 Å². The Labute approximate surface area is 100 Å². The Hall–Kier alpha value is -1.81. The molecule has 4 nitrogen and oxygen atoms in total. The quantitative estimate of drug-likeness (QED) is 0.737. The number of hydrogen-bond acceptors (Lipinski definition) is 2. The minimum atomic E-state index is -0.110. The fraction of sp³-hybridized carbons (Fsp3) is 0.308. The first-order valence-corrected chi connectivity index (χ1v) is 5.74. The fourth-order valence-electron chi connectivity index (χ4n) is 2.06. The van der Waals surface area contributed by atoms with Crippen molar-refractivity contribution in [3.63, 3.8) is 0 Å². The lowest BCUT2D eigenvalue weighted by atomic mass is 10.1. The summed E-state index contributed by atoms with van der Waals surface area (Å²) in [4.78, 5) is 14.3. The molecule has 1 amide bonds. The molecule has 0 unspecified atom stereocenters. The van der Waals surface area contributed by atoms with Crippen LogP contribution in [-0.2, 0) is 11.2 Å². The Kier molecular flexibility index (Phi) is 3.44. The molecule has 0 radical (unpaired) electrons. The van der Waals surface area contributed by atoms with E-state index in [0.717, 1.165) is 11.9 Å². The first-order valence-electron chi connectivity index (χ1n) is 5.74. The molecule has 0 bridgehead atoms. The molecule has 4 heteroatoms. The number of aromatic nitrogens is 1. The van der Waals surface area contributed by atoms with E-state index in [-0.39, 0.29) is 12.5 Å². The summed E-state index contributed by atoms with van der Waals surface area (Å²) in [6.07, 6.45) is 2.82. The van der Waals surface area contributed by atoms with Crippen molar-refractivity contribution >= 4 is 16.8 Å². The highest BCUT2D eigenvalue weighted by molar-refractivity contribution is 5.86. The third-order valence-corrected chi connectivity index (χ3v) is 2.90. The second-order valence-electron chi connectivity index (χ2n) is 4.12. The van der Waals surface area contributed by atoms with Crippen molar-refractivity contribution in [2.45, 2.75) is 13.3 Å². The van der Waals surface area contributed by atoms with Gasteiger partial charge < -0.3 is 16.0 Å². The van der Waals surface area contributed by atoms with E-state index in [4.69, 9.17) is 5.73 Å². The summed E-state index contributed by atoms with van der Waals surface area (Å²) in [5, 5.41) is 4.04. The van der Waals surface area contributed by atoms with Crippen LogP contribution in [-0.4, -0.2) is 24.0 Å². The lowest BCUT2D eigenvalue weighted by Crippen LogP contribution is -2.31. The van der Waals surface area contributed by atoms with Crippen molar-refractivity contribution in [1.82, 2.24) is 10.3 Å². The third-order valence-electron chi connectivity index (χ3n) is 2.90. The smallest absolute Gasteiger partial charge is 0.233 e. The molecule has 4 N–H and O–H groups in total. The van der Waals surface area contributed by atoms with Crippen LogP contribution >= 0.6 is 0 Å². The van der Waals surface area contributed by atoms with Crippen molar-refractivity contribution in [2.24, 2.45) is 5.73 Å². The van der Waals surface area contributed by atoms with E-state index < -0.39 is 0 Å². The number of amides is 1. The molecule has 1 aromatic carbocycles. The van der Waals surface area contributed by atoms with Crippen molar-refractivity contribution in [1.29, 1.82) is 0 Å². The maximum Gasteiger partial charge on any atom is 0.233 e. The fourth-order valence-corrected chi connectivity index (χ4v) is 2.06. The number of hydrogen-bond donors (Lipinski definition) is 3. The molecule has 90 valence electrons. The lowest BCUT2D eigenvalue weighted by Gasteiger charge is -2.04. The standard InChI is InChI=1S/C13H17N3O/c1-9-3-2-4-11-13(9)10(8-16-11)5-6-15-12(17)7-14/h2-4,8,16H,5-7,14H2,1H3,(H,15,17). The summed E-state index contributed by atoms with van der Waals surface area (Å²) in [5.41, 5.74) is 8.86. The number of nitrogens with one attached hydrogen (secondary N) is 2. The molecule has 2 aromatic rings. The third kappa shape index (κ3) is 2.47. The van der Waals surface area contributed by atoms with Gasteiger partial charge in [-0.2, -0.15) is 0 Å². The highest BCUT2D eigenvalue weighted by atomic mass is 16.1. The average Bonchev–Trinajstić information content (AvgIpc) is 2.74. The molecule has 0 aliphatic rings. The molecular formula is C13H17N3O. The van der Waals surface area contributed by atoms with Crippen LogP contribution in [0, 0.1) is 6.92 Å². The first-order chi connectivity index (χ1) is 8.22. The molecule has 2 rings (SSSR count). The molecule has 1 aromatic heterocycles. The molecule has 0 atom stereocenters. The summed E-state index contributed by atoms with van der Waals surface area (Å²) in [6.45, 7) is 2.77. The number of carbonyl (C=O) groups excluding carboxylic acids is 1. The predicted molar refractivity (Wildman–Crippen MR) is 68.8 cm³/mol. The zero-order chi connectivity index (χ0) is 12.3. The van der Waals surface area contributed by atoms with Crippen molar-refractivity contribution in [3.05, 3.63) is 35.5 Å². The Morgan fingerprint density at radius 3 is 3.06 bits per heavy atom. The average molecular weight is 231 g/mol. The highest BCUT2D eigenvalue weighted by Crippen LogP contribution is 2.22. The molecule has 0 aliphatic carbocycles. The molecule has 0 fully saturated rings. The van der Waals surface area contributed by atoms with Gasteiger partial charge in [-0.25, -0.2) is 0 Å². The number of carbonyl (C=O) groups is 1. The van der Waals surface area contributed by atoms with Crippen molar-refractivity contribution in [2.75, 3.05) is 13.1 Å². The van der Waals surface area contributed by atoms with Gasteiger partial charge in [0, 0.05) is 23.6 Å². The first kappa shape index (κ1) is 11.7. The maximum absolute atomic E-state index is 11.0. The van der Waals surface area contributed by atoms with E-state index >= 15 is 0 Å². The van der Waals surface area contributed by atoms with Gasteiger partial charge in [0.05, 0.1) is 6.54 Å². The predicted octanol–water partition coefficient (Wildman–Crippen LogP) is 1.09. The lowest BCUT2D eigenvalue weighted by molar-refractivity contribution is -0.119. The van der Waals surface area contributed by atoms with Crippen LogP contribution in [0.4, 0.5) is 0 Å². The molecule has 17 heavy (non-hydrogen) atoms. The minimum absolute atomic E-state index is 0.0485. The molecule has 0 saturated heterocycles. The number of H-pyrrole nitrogens is 1. The summed E-state index contributed by atoms with van der Waals surface area (Å²) in [5.74, 6) is -0.110. The Morgan fingerprint density at radius 2 is 2.29 bits per heavy atom. The highest BCUT2D eigenvalue weighted by Gasteiger charge is 2.06. The van der Waals surface area contributed by atoms with Crippen LogP contribution in [0.25, 0.3) is 10.9 Å². The molecule has 1 heterocycles. The number of aromatic amines is 1. The second-order valence-corrected chi connectivity index (χ2v) is 4.12. The van der Waals surface area contributed by atoms with Crippen molar-refractivity contribution in [3.8, 4) is 0 Å². The van der Waals surface area contributed by atoms with Gasteiger partial charge in [0.2, 0.25) is 5.91 Å². The van der Waals surface area contributed by atoms with Crippen LogP contribution in [0.1, 0.15) is 11.1 Å². The number of rotatable bonds is 4. The SMILES string of the molecule is Cc1cccc2[nH]cc(CCNC(=O)CN)c12. The van der Waals surface area contributed by atoms with E-state index in [2.05, 4.69) is 29.4 Å². The molecule has 0 spiro atoms. The number of fused-ring (bicyclic) bond motifs is 1. The van der Waals surface area contributed by atoms with Gasteiger partial charge in [-0.1, -0.05) is 12.1 Å². The summed E-state index contributed by atoms with van der Waals surface area (Å²) in [7, 11) is 0. The Bertz CT molecular complexity index is 530. The molecular weight excluding hydrogens is 214 g/mol. The van der Waals surface area contributed by atoms with E-state index in [9.17, 15) is 4.79 Å². The van der Waals surface area contributed by atoms with Crippen molar-refractivity contribution < 1.29 is 4.79 Å². The van der Waals surface area contributed by atoms with Crippen LogP contribution in [0.15, 0.2) is 24.4 Å². The number of aryl methyl sites for hydroxylation is 1. The zero-order valence-electron chi connectivity index (χ0n) is 9.92. The van der Waals surface area contributed by atoms with Gasteiger partial charge in [0.25, 0.3) is 0 Å². The monoisotopic (exact) mass is 231 g/mol. The topological polar surface area (TPSA) is 70.9 Å². The van der Waals surface area contributed by atoms with E-state index in [1.54, 1.807) is 0 Å². The summed E-state index contributed by atoms with van der Waals surface area (Å²) in [6, 6.07) is 6.19. The second kappa shape index (κ2) is 5.01. The van der Waals surface area contributed by atoms with Gasteiger partial charge >= 0.3 is 0 Å². The molecule has 0 saturated carbocycles. The minimum Gasteiger partial charge on any atom is -0.361 e. The van der Waals surface area contributed by atoms with Gasteiger partial charge in [0.15, 0.2) is 0 Å². The zero-order valence-corrected chi connectivity index (χ0v) is 9.92. The van der Waals surface area contributed by atoms with E-state index in [1.165, 1.54) is 16.5 Å². The van der Waals surface area contributed by atoms with Gasteiger partial charge in [-0.05, 0) is 30.5 Å². The number of benzene rings is 1. The van der Waals surface area contributed by atoms with Gasteiger partial charge in [0.1, 0.15) is 0 Å². The van der Waals surface area contributed by atoms with E-state index in [0.29, 0.717) is 6.54 Å². The summed E-state index contributed by atoms with van der Waals surface area (Å²) >= 11 is 0. The normalized spacial score (nSPS) is 10.7. The number of nitrogens with two attached hydrogens (primary N) is 1.